The summed E-state index contributed by atoms with van der Waals surface area (Å²) in [5, 5.41) is 9.53. The lowest BCUT2D eigenvalue weighted by atomic mass is 9.94. The summed E-state index contributed by atoms with van der Waals surface area (Å²) in [6, 6.07) is 6.54. The molecule has 3 unspecified atom stereocenters. The lowest BCUT2D eigenvalue weighted by Gasteiger charge is -2.24. The smallest absolute Gasteiger partial charge is 0.326 e. The molecule has 1 amide bonds. The molecule has 22 heavy (non-hydrogen) atoms. The first-order valence-corrected chi connectivity index (χ1v) is 7.73. The number of carboxylic acids is 1. The van der Waals surface area contributed by atoms with E-state index in [-0.39, 0.29) is 11.8 Å². The van der Waals surface area contributed by atoms with Crippen molar-refractivity contribution in [3.05, 3.63) is 35.4 Å². The number of benzene rings is 1. The van der Waals surface area contributed by atoms with E-state index in [9.17, 15) is 14.7 Å². The fourth-order valence-corrected chi connectivity index (χ4v) is 3.91. The molecule has 1 heterocycles. The van der Waals surface area contributed by atoms with Crippen molar-refractivity contribution in [3.63, 3.8) is 0 Å². The number of rotatable bonds is 4. The minimum absolute atomic E-state index is 0.120. The molecule has 1 saturated heterocycles. The van der Waals surface area contributed by atoms with Crippen LogP contribution in [0.3, 0.4) is 0 Å². The Balaban J connectivity index is 1.80. The normalized spacial score (nSPS) is 27.0. The molecular formula is C17H21NO4. The van der Waals surface area contributed by atoms with Gasteiger partial charge in [0, 0.05) is 19.2 Å². The van der Waals surface area contributed by atoms with Crippen LogP contribution in [0.15, 0.2) is 24.3 Å². The zero-order valence-corrected chi connectivity index (χ0v) is 12.7. The Hall–Kier alpha value is -1.88. The van der Waals surface area contributed by atoms with E-state index in [1.807, 2.05) is 12.1 Å². The van der Waals surface area contributed by atoms with Crippen molar-refractivity contribution in [1.29, 1.82) is 0 Å². The van der Waals surface area contributed by atoms with Crippen molar-refractivity contribution >= 4 is 11.9 Å². The minimum Gasteiger partial charge on any atom is -0.480 e. The number of carboxylic acid groups (broad SMARTS) is 1. The summed E-state index contributed by atoms with van der Waals surface area (Å²) in [7, 11) is 1.62. The fraction of sp³-hybridized carbons (Fsp3) is 0.529. The molecule has 0 spiro atoms. The van der Waals surface area contributed by atoms with E-state index in [1.54, 1.807) is 24.1 Å². The predicted octanol–water partition coefficient (Wildman–Crippen LogP) is 2.16. The highest BCUT2D eigenvalue weighted by Crippen LogP contribution is 2.42. The van der Waals surface area contributed by atoms with Gasteiger partial charge in [-0.3, -0.25) is 4.79 Å². The number of amides is 1. The van der Waals surface area contributed by atoms with Crippen LogP contribution in [0.1, 0.15) is 35.2 Å². The van der Waals surface area contributed by atoms with E-state index in [2.05, 4.69) is 0 Å². The number of methoxy groups -OCH3 is 1. The maximum Gasteiger partial charge on any atom is 0.326 e. The second-order valence-electron chi connectivity index (χ2n) is 6.23. The van der Waals surface area contributed by atoms with E-state index in [0.717, 1.165) is 24.8 Å². The summed E-state index contributed by atoms with van der Waals surface area (Å²) >= 11 is 0. The van der Waals surface area contributed by atoms with Crippen LogP contribution in [0.4, 0.5) is 0 Å². The van der Waals surface area contributed by atoms with E-state index >= 15 is 0 Å². The van der Waals surface area contributed by atoms with Crippen LogP contribution in [0.25, 0.3) is 0 Å². The van der Waals surface area contributed by atoms with Gasteiger partial charge in [0.2, 0.25) is 0 Å². The molecule has 1 aliphatic heterocycles. The molecule has 1 aromatic carbocycles. The Bertz CT molecular complexity index is 569. The Labute approximate surface area is 129 Å². The molecule has 0 aromatic heterocycles. The molecule has 1 aliphatic carbocycles. The van der Waals surface area contributed by atoms with Crippen LogP contribution in [0, 0.1) is 11.8 Å². The molecular weight excluding hydrogens is 282 g/mol. The first-order chi connectivity index (χ1) is 10.6. The number of aliphatic carboxylic acids is 1. The van der Waals surface area contributed by atoms with Gasteiger partial charge < -0.3 is 14.7 Å². The third-order valence-electron chi connectivity index (χ3n) is 4.92. The summed E-state index contributed by atoms with van der Waals surface area (Å²) in [5.41, 5.74) is 1.54. The van der Waals surface area contributed by atoms with Crippen molar-refractivity contribution in [2.45, 2.75) is 31.9 Å². The summed E-state index contributed by atoms with van der Waals surface area (Å²) in [5.74, 6) is -0.587. The molecule has 3 rings (SSSR count). The average Bonchev–Trinajstić information content (AvgIpc) is 3.07. The molecule has 2 aliphatic rings. The van der Waals surface area contributed by atoms with Crippen molar-refractivity contribution in [3.8, 4) is 0 Å². The second kappa shape index (κ2) is 6.08. The van der Waals surface area contributed by atoms with Crippen LogP contribution >= 0.6 is 0 Å². The zero-order valence-electron chi connectivity index (χ0n) is 12.7. The number of hydrogen-bond acceptors (Lipinski definition) is 3. The number of likely N-dealkylation sites (tertiary alicyclic amines) is 1. The fourth-order valence-electron chi connectivity index (χ4n) is 3.91. The van der Waals surface area contributed by atoms with Crippen LogP contribution in [-0.4, -0.2) is 41.6 Å². The van der Waals surface area contributed by atoms with Crippen LogP contribution in [-0.2, 0) is 16.1 Å². The molecule has 118 valence electrons. The number of carbonyl (C=O) groups is 2. The second-order valence-corrected chi connectivity index (χ2v) is 6.23. The van der Waals surface area contributed by atoms with Crippen LogP contribution in [0.5, 0.6) is 0 Å². The number of hydrogen-bond donors (Lipinski definition) is 1. The molecule has 3 atom stereocenters. The van der Waals surface area contributed by atoms with Gasteiger partial charge in [-0.25, -0.2) is 4.79 Å². The molecule has 1 saturated carbocycles. The SMILES string of the molecule is COCc1ccc(C(=O)N2CC3CCCC3C2C(=O)O)cc1. The summed E-state index contributed by atoms with van der Waals surface area (Å²) in [4.78, 5) is 25.9. The number of carbonyl (C=O) groups excluding carboxylic acids is 1. The molecule has 0 bridgehead atoms. The number of fused-ring (bicyclic) bond motifs is 1. The van der Waals surface area contributed by atoms with E-state index in [4.69, 9.17) is 4.74 Å². The van der Waals surface area contributed by atoms with Gasteiger partial charge in [0.15, 0.2) is 0 Å². The molecule has 5 heteroatoms. The Kier molecular flexibility index (Phi) is 4.16. The van der Waals surface area contributed by atoms with Gasteiger partial charge in [-0.2, -0.15) is 0 Å². The Morgan fingerprint density at radius 1 is 1.27 bits per heavy atom. The predicted molar refractivity (Wildman–Crippen MR) is 80.4 cm³/mol. The first-order valence-electron chi connectivity index (χ1n) is 7.73. The summed E-state index contributed by atoms with van der Waals surface area (Å²) < 4.78 is 5.05. The van der Waals surface area contributed by atoms with E-state index in [1.165, 1.54) is 0 Å². The monoisotopic (exact) mass is 303 g/mol. The number of nitrogens with zero attached hydrogens (tertiary/aromatic N) is 1. The Morgan fingerprint density at radius 3 is 2.64 bits per heavy atom. The highest BCUT2D eigenvalue weighted by molar-refractivity contribution is 5.97. The summed E-state index contributed by atoms with van der Waals surface area (Å²) in [6.07, 6.45) is 3.02. The van der Waals surface area contributed by atoms with Gasteiger partial charge >= 0.3 is 5.97 Å². The van der Waals surface area contributed by atoms with Gasteiger partial charge in [-0.15, -0.1) is 0 Å². The highest BCUT2D eigenvalue weighted by atomic mass is 16.5. The third-order valence-corrected chi connectivity index (χ3v) is 4.92. The maximum atomic E-state index is 12.7. The lowest BCUT2D eigenvalue weighted by Crippen LogP contribution is -2.43. The van der Waals surface area contributed by atoms with Gasteiger partial charge in [0.05, 0.1) is 6.61 Å². The van der Waals surface area contributed by atoms with E-state index in [0.29, 0.717) is 24.6 Å². The lowest BCUT2D eigenvalue weighted by molar-refractivity contribution is -0.142. The average molecular weight is 303 g/mol. The first kappa shape index (κ1) is 15.0. The van der Waals surface area contributed by atoms with Crippen molar-refractivity contribution < 1.29 is 19.4 Å². The minimum atomic E-state index is -0.876. The zero-order chi connectivity index (χ0) is 15.7. The van der Waals surface area contributed by atoms with E-state index < -0.39 is 12.0 Å². The molecule has 1 N–H and O–H groups in total. The van der Waals surface area contributed by atoms with Gasteiger partial charge in [-0.05, 0) is 42.4 Å². The van der Waals surface area contributed by atoms with Crippen LogP contribution < -0.4 is 0 Å². The van der Waals surface area contributed by atoms with Crippen LogP contribution in [0.2, 0.25) is 0 Å². The highest BCUT2D eigenvalue weighted by Gasteiger charge is 2.49. The molecule has 2 fully saturated rings. The Morgan fingerprint density at radius 2 is 2.00 bits per heavy atom. The summed E-state index contributed by atoms with van der Waals surface area (Å²) in [6.45, 7) is 1.07. The van der Waals surface area contributed by atoms with Gasteiger partial charge in [0.1, 0.15) is 6.04 Å². The largest absolute Gasteiger partial charge is 0.480 e. The van der Waals surface area contributed by atoms with Gasteiger partial charge in [0.25, 0.3) is 5.91 Å². The van der Waals surface area contributed by atoms with Gasteiger partial charge in [-0.1, -0.05) is 18.6 Å². The van der Waals surface area contributed by atoms with Crippen molar-refractivity contribution in [2.75, 3.05) is 13.7 Å². The quantitative estimate of drug-likeness (QED) is 0.925. The molecule has 5 nitrogen and oxygen atoms in total. The topological polar surface area (TPSA) is 66.8 Å². The van der Waals surface area contributed by atoms with Crippen molar-refractivity contribution in [2.24, 2.45) is 11.8 Å². The molecule has 0 radical (unpaired) electrons. The third kappa shape index (κ3) is 2.61. The molecule has 1 aromatic rings. The number of ether oxygens (including phenoxy) is 1. The maximum absolute atomic E-state index is 12.7. The standard InChI is InChI=1S/C17H21NO4/c1-22-10-11-5-7-12(8-6-11)16(19)18-9-13-3-2-4-14(13)15(18)17(20)21/h5-8,13-15H,2-4,9-10H2,1H3,(H,20,21). The van der Waals surface area contributed by atoms with Crippen molar-refractivity contribution in [1.82, 2.24) is 4.90 Å².